The van der Waals surface area contributed by atoms with Crippen molar-refractivity contribution in [3.05, 3.63) is 54.1 Å². The highest BCUT2D eigenvalue weighted by atomic mass is 32.2. The van der Waals surface area contributed by atoms with Gasteiger partial charge in [0.1, 0.15) is 17.2 Å². The molecule has 2 fully saturated rings. The molecular formula is C24H28N2O5S. The standard InChI is InChI=1S/C24H28N2O5S/c1-29-20-14-18(15-21(16-20)30-2)23(28)26-12-13-32-24(26)8-10-25(11-9-24)22(27)17-31-19-6-4-3-5-7-19/h3-7,14-16H,8-13,17H2,1-2H3. The Morgan fingerprint density at radius 2 is 1.59 bits per heavy atom. The Balaban J connectivity index is 1.40. The Hall–Kier alpha value is -2.87. The van der Waals surface area contributed by atoms with Gasteiger partial charge in [-0.2, -0.15) is 0 Å². The van der Waals surface area contributed by atoms with Gasteiger partial charge in [-0.15, -0.1) is 11.8 Å². The van der Waals surface area contributed by atoms with Gasteiger partial charge in [0.15, 0.2) is 6.61 Å². The number of benzene rings is 2. The fourth-order valence-electron chi connectivity index (χ4n) is 4.25. The van der Waals surface area contributed by atoms with Crippen molar-refractivity contribution >= 4 is 23.6 Å². The van der Waals surface area contributed by atoms with Crippen molar-refractivity contribution in [2.45, 2.75) is 17.7 Å². The second-order valence-electron chi connectivity index (χ2n) is 7.84. The van der Waals surface area contributed by atoms with E-state index in [-0.39, 0.29) is 23.3 Å². The average molecular weight is 457 g/mol. The number of methoxy groups -OCH3 is 2. The molecule has 2 aliphatic rings. The van der Waals surface area contributed by atoms with Crippen molar-refractivity contribution in [3.63, 3.8) is 0 Å². The summed E-state index contributed by atoms with van der Waals surface area (Å²) in [7, 11) is 3.15. The van der Waals surface area contributed by atoms with Gasteiger partial charge in [0.05, 0.1) is 19.1 Å². The summed E-state index contributed by atoms with van der Waals surface area (Å²) < 4.78 is 16.3. The zero-order valence-corrected chi connectivity index (χ0v) is 19.2. The summed E-state index contributed by atoms with van der Waals surface area (Å²) in [6.45, 7) is 1.93. The van der Waals surface area contributed by atoms with E-state index in [9.17, 15) is 9.59 Å². The van der Waals surface area contributed by atoms with E-state index in [0.717, 1.165) is 18.6 Å². The van der Waals surface area contributed by atoms with Gasteiger partial charge in [0, 0.05) is 37.0 Å². The van der Waals surface area contributed by atoms with Crippen LogP contribution < -0.4 is 14.2 Å². The lowest BCUT2D eigenvalue weighted by molar-refractivity contribution is -0.135. The predicted octanol–water partition coefficient (Wildman–Crippen LogP) is 3.29. The van der Waals surface area contributed by atoms with Gasteiger partial charge in [-0.1, -0.05) is 18.2 Å². The van der Waals surface area contributed by atoms with Gasteiger partial charge in [-0.25, -0.2) is 0 Å². The third kappa shape index (κ3) is 4.65. The molecule has 2 amide bonds. The van der Waals surface area contributed by atoms with Gasteiger partial charge < -0.3 is 24.0 Å². The van der Waals surface area contributed by atoms with E-state index in [1.54, 1.807) is 32.4 Å². The van der Waals surface area contributed by atoms with Crippen LogP contribution in [0.5, 0.6) is 17.2 Å². The van der Waals surface area contributed by atoms with Gasteiger partial charge in [-0.3, -0.25) is 9.59 Å². The first kappa shape index (κ1) is 22.3. The molecule has 2 aromatic rings. The number of hydrogen-bond donors (Lipinski definition) is 0. The number of hydrogen-bond acceptors (Lipinski definition) is 6. The minimum absolute atomic E-state index is 0.0242. The second-order valence-corrected chi connectivity index (χ2v) is 9.29. The van der Waals surface area contributed by atoms with E-state index in [1.807, 2.05) is 51.9 Å². The SMILES string of the molecule is COc1cc(OC)cc(C(=O)N2CCSC23CCN(C(=O)COc2ccccc2)CC3)c1. The summed E-state index contributed by atoms with van der Waals surface area (Å²) in [5.74, 6) is 2.70. The lowest BCUT2D eigenvalue weighted by atomic mass is 10.0. The van der Waals surface area contributed by atoms with Crippen molar-refractivity contribution in [1.29, 1.82) is 0 Å². The molecule has 2 saturated heterocycles. The second kappa shape index (κ2) is 9.73. The fraction of sp³-hybridized carbons (Fsp3) is 0.417. The molecule has 1 spiro atoms. The van der Waals surface area contributed by atoms with Crippen LogP contribution in [0.3, 0.4) is 0 Å². The third-order valence-electron chi connectivity index (χ3n) is 6.02. The normalized spacial score (nSPS) is 17.3. The zero-order valence-electron chi connectivity index (χ0n) is 18.4. The van der Waals surface area contributed by atoms with Crippen LogP contribution in [0, 0.1) is 0 Å². The largest absolute Gasteiger partial charge is 0.497 e. The molecule has 0 N–H and O–H groups in total. The van der Waals surface area contributed by atoms with Crippen molar-refractivity contribution in [2.75, 3.05) is 46.2 Å². The number of piperidine rings is 1. The summed E-state index contributed by atoms with van der Waals surface area (Å²) in [5.41, 5.74) is 0.554. The first-order valence-corrected chi connectivity index (χ1v) is 11.7. The first-order valence-electron chi connectivity index (χ1n) is 10.7. The monoisotopic (exact) mass is 456 g/mol. The Morgan fingerprint density at radius 1 is 0.938 bits per heavy atom. The highest BCUT2D eigenvalue weighted by Gasteiger charge is 2.47. The molecule has 32 heavy (non-hydrogen) atoms. The van der Waals surface area contributed by atoms with Crippen LogP contribution >= 0.6 is 11.8 Å². The van der Waals surface area contributed by atoms with Gasteiger partial charge in [0.25, 0.3) is 11.8 Å². The van der Waals surface area contributed by atoms with Crippen LogP contribution in [0.1, 0.15) is 23.2 Å². The number of thioether (sulfide) groups is 1. The van der Waals surface area contributed by atoms with Crippen LogP contribution in [-0.2, 0) is 4.79 Å². The molecule has 0 aromatic heterocycles. The topological polar surface area (TPSA) is 68.3 Å². The quantitative estimate of drug-likeness (QED) is 0.665. The number of amides is 2. The fourth-order valence-corrected chi connectivity index (χ4v) is 5.71. The molecule has 170 valence electrons. The van der Waals surface area contributed by atoms with Gasteiger partial charge >= 0.3 is 0 Å². The predicted molar refractivity (Wildman–Crippen MR) is 124 cm³/mol. The highest BCUT2D eigenvalue weighted by Crippen LogP contribution is 2.44. The van der Waals surface area contributed by atoms with Crippen molar-refractivity contribution in [2.24, 2.45) is 0 Å². The molecule has 0 saturated carbocycles. The molecule has 0 bridgehead atoms. The maximum atomic E-state index is 13.4. The van der Waals surface area contributed by atoms with Gasteiger partial charge in [0.2, 0.25) is 0 Å². The molecule has 4 rings (SSSR count). The molecule has 8 heteroatoms. The maximum Gasteiger partial charge on any atom is 0.260 e. The van der Waals surface area contributed by atoms with Crippen LogP contribution in [-0.4, -0.2) is 72.7 Å². The van der Waals surface area contributed by atoms with Crippen LogP contribution in [0.2, 0.25) is 0 Å². The van der Waals surface area contributed by atoms with E-state index in [0.29, 0.717) is 42.4 Å². The Bertz CT molecular complexity index is 938. The Morgan fingerprint density at radius 3 is 2.22 bits per heavy atom. The number of para-hydroxylation sites is 1. The number of nitrogens with zero attached hydrogens (tertiary/aromatic N) is 2. The summed E-state index contributed by atoms with van der Waals surface area (Å²) in [5, 5.41) is 0. The minimum atomic E-state index is -0.287. The van der Waals surface area contributed by atoms with E-state index < -0.39 is 0 Å². The van der Waals surface area contributed by atoms with E-state index in [1.165, 1.54) is 0 Å². The van der Waals surface area contributed by atoms with E-state index in [4.69, 9.17) is 14.2 Å². The maximum absolute atomic E-state index is 13.4. The molecule has 2 heterocycles. The van der Waals surface area contributed by atoms with E-state index >= 15 is 0 Å². The highest BCUT2D eigenvalue weighted by molar-refractivity contribution is 8.00. The molecule has 7 nitrogen and oxygen atoms in total. The molecule has 2 aromatic carbocycles. The first-order chi connectivity index (χ1) is 15.5. The summed E-state index contributed by atoms with van der Waals surface area (Å²) in [4.78, 5) is 29.6. The van der Waals surface area contributed by atoms with Gasteiger partial charge in [-0.05, 0) is 37.1 Å². The van der Waals surface area contributed by atoms with Crippen LogP contribution in [0.4, 0.5) is 0 Å². The summed E-state index contributed by atoms with van der Waals surface area (Å²) in [6, 6.07) is 14.6. The molecule has 0 unspecified atom stereocenters. The Kier molecular flexibility index (Phi) is 6.79. The Labute approximate surface area is 192 Å². The van der Waals surface area contributed by atoms with Crippen molar-refractivity contribution in [3.8, 4) is 17.2 Å². The molecule has 0 atom stereocenters. The minimum Gasteiger partial charge on any atom is -0.497 e. The molecule has 0 aliphatic carbocycles. The average Bonchev–Trinajstić information content (AvgIpc) is 3.25. The molecule has 0 radical (unpaired) electrons. The van der Waals surface area contributed by atoms with Crippen molar-refractivity contribution < 1.29 is 23.8 Å². The number of carbonyl (C=O) groups excluding carboxylic acids is 2. The van der Waals surface area contributed by atoms with E-state index in [2.05, 4.69) is 0 Å². The number of ether oxygens (including phenoxy) is 3. The third-order valence-corrected chi connectivity index (χ3v) is 7.58. The number of carbonyl (C=O) groups is 2. The molecular weight excluding hydrogens is 428 g/mol. The smallest absolute Gasteiger partial charge is 0.260 e. The zero-order chi connectivity index (χ0) is 22.6. The number of likely N-dealkylation sites (tertiary alicyclic amines) is 1. The van der Waals surface area contributed by atoms with Crippen LogP contribution in [0.15, 0.2) is 48.5 Å². The summed E-state index contributed by atoms with van der Waals surface area (Å²) >= 11 is 1.81. The van der Waals surface area contributed by atoms with Crippen molar-refractivity contribution in [1.82, 2.24) is 9.80 Å². The molecule has 2 aliphatic heterocycles. The lowest BCUT2D eigenvalue weighted by Crippen LogP contribution is -2.54. The lowest BCUT2D eigenvalue weighted by Gasteiger charge is -2.44. The van der Waals surface area contributed by atoms with Crippen LogP contribution in [0.25, 0.3) is 0 Å². The summed E-state index contributed by atoms with van der Waals surface area (Å²) in [6.07, 6.45) is 1.48. The number of rotatable bonds is 6.